The summed E-state index contributed by atoms with van der Waals surface area (Å²) in [6, 6.07) is 10.1. The van der Waals surface area contributed by atoms with Crippen LogP contribution in [0, 0.1) is 0 Å². The zero-order valence-corrected chi connectivity index (χ0v) is 14.8. The molecular weight excluding hydrogens is 320 g/mol. The summed E-state index contributed by atoms with van der Waals surface area (Å²) >= 11 is 1.66. The van der Waals surface area contributed by atoms with Crippen molar-refractivity contribution in [1.82, 2.24) is 19.9 Å². The molecule has 0 aliphatic heterocycles. The number of hydrogen-bond donors (Lipinski definition) is 1. The number of rotatable bonds is 5. The van der Waals surface area contributed by atoms with E-state index < -0.39 is 0 Å². The van der Waals surface area contributed by atoms with Crippen molar-refractivity contribution in [3.8, 4) is 0 Å². The first kappa shape index (κ1) is 16.7. The standard InChI is InChI=1S/C18H20N4OS/c1-12(16-6-7-19-11-20-16)22(2)10-14-8-13-4-5-15(24-3)9-17(13)21-18(14)23/h4-9,11-12H,10H2,1-3H3,(H,21,23)/t12-/m0/s1. The summed E-state index contributed by atoms with van der Waals surface area (Å²) in [5.74, 6) is 0. The number of aromatic nitrogens is 3. The van der Waals surface area contributed by atoms with Gasteiger partial charge in [0.15, 0.2) is 0 Å². The Morgan fingerprint density at radius 1 is 1.29 bits per heavy atom. The fraction of sp³-hybridized carbons (Fsp3) is 0.278. The molecule has 0 spiro atoms. The number of benzene rings is 1. The highest BCUT2D eigenvalue weighted by Gasteiger charge is 2.15. The van der Waals surface area contributed by atoms with Crippen LogP contribution in [0.4, 0.5) is 0 Å². The lowest BCUT2D eigenvalue weighted by Gasteiger charge is -2.23. The third-order valence-corrected chi connectivity index (χ3v) is 4.97. The number of thioether (sulfide) groups is 1. The van der Waals surface area contributed by atoms with Crippen LogP contribution in [0.1, 0.15) is 24.2 Å². The smallest absolute Gasteiger partial charge is 0.252 e. The van der Waals surface area contributed by atoms with E-state index in [-0.39, 0.29) is 11.6 Å². The fourth-order valence-corrected chi connectivity index (χ4v) is 3.09. The van der Waals surface area contributed by atoms with E-state index in [4.69, 9.17) is 0 Å². The molecular formula is C18H20N4OS. The van der Waals surface area contributed by atoms with Crippen molar-refractivity contribution < 1.29 is 0 Å². The number of hydrogen-bond acceptors (Lipinski definition) is 5. The molecule has 1 N–H and O–H groups in total. The molecule has 5 nitrogen and oxygen atoms in total. The number of nitrogens with zero attached hydrogens (tertiary/aromatic N) is 3. The van der Waals surface area contributed by atoms with Crippen molar-refractivity contribution in [3.05, 3.63) is 64.5 Å². The Hall–Kier alpha value is -2.18. The average molecular weight is 340 g/mol. The Morgan fingerprint density at radius 3 is 2.83 bits per heavy atom. The van der Waals surface area contributed by atoms with Gasteiger partial charge >= 0.3 is 0 Å². The highest BCUT2D eigenvalue weighted by atomic mass is 32.2. The van der Waals surface area contributed by atoms with Gasteiger partial charge in [-0.3, -0.25) is 9.69 Å². The molecule has 0 amide bonds. The van der Waals surface area contributed by atoms with Gasteiger partial charge in [-0.15, -0.1) is 11.8 Å². The van der Waals surface area contributed by atoms with Gasteiger partial charge in [-0.2, -0.15) is 0 Å². The maximum absolute atomic E-state index is 12.4. The Morgan fingerprint density at radius 2 is 2.12 bits per heavy atom. The fourth-order valence-electron chi connectivity index (χ4n) is 2.65. The molecule has 0 aliphatic carbocycles. The van der Waals surface area contributed by atoms with Gasteiger partial charge in [0.1, 0.15) is 6.33 Å². The van der Waals surface area contributed by atoms with Crippen LogP contribution >= 0.6 is 11.8 Å². The molecule has 3 rings (SSSR count). The highest BCUT2D eigenvalue weighted by Crippen LogP contribution is 2.22. The lowest BCUT2D eigenvalue weighted by atomic mass is 10.1. The van der Waals surface area contributed by atoms with Gasteiger partial charge in [0, 0.05) is 34.8 Å². The van der Waals surface area contributed by atoms with Crippen LogP contribution in [-0.4, -0.2) is 33.2 Å². The predicted octanol–water partition coefficient (Wildman–Crippen LogP) is 3.23. The molecule has 2 aromatic heterocycles. The molecule has 0 bridgehead atoms. The summed E-state index contributed by atoms with van der Waals surface area (Å²) in [4.78, 5) is 26.9. The van der Waals surface area contributed by atoms with E-state index in [2.05, 4.69) is 38.9 Å². The Kier molecular flexibility index (Phi) is 4.97. The van der Waals surface area contributed by atoms with Crippen molar-refractivity contribution in [3.63, 3.8) is 0 Å². The second kappa shape index (κ2) is 7.15. The molecule has 1 aromatic carbocycles. The quantitative estimate of drug-likeness (QED) is 0.723. The Balaban J connectivity index is 1.87. The number of nitrogens with one attached hydrogen (secondary N) is 1. The third-order valence-electron chi connectivity index (χ3n) is 4.24. The number of pyridine rings is 1. The minimum absolute atomic E-state index is 0.0394. The van der Waals surface area contributed by atoms with E-state index in [0.29, 0.717) is 6.54 Å². The molecule has 6 heteroatoms. The van der Waals surface area contributed by atoms with Gasteiger partial charge in [0.2, 0.25) is 0 Å². The normalized spacial score (nSPS) is 12.7. The maximum atomic E-state index is 12.4. The molecule has 0 radical (unpaired) electrons. The predicted molar refractivity (Wildman–Crippen MR) is 98.3 cm³/mol. The summed E-state index contributed by atoms with van der Waals surface area (Å²) in [6.45, 7) is 2.63. The van der Waals surface area contributed by atoms with E-state index >= 15 is 0 Å². The molecule has 0 aliphatic rings. The lowest BCUT2D eigenvalue weighted by Crippen LogP contribution is -2.26. The summed E-state index contributed by atoms with van der Waals surface area (Å²) in [5.41, 5.74) is 2.53. The van der Waals surface area contributed by atoms with Crippen LogP contribution in [-0.2, 0) is 6.54 Å². The zero-order valence-electron chi connectivity index (χ0n) is 14.0. The second-order valence-corrected chi connectivity index (χ2v) is 6.68. The molecule has 0 saturated heterocycles. The molecule has 0 fully saturated rings. The Bertz CT molecular complexity index is 894. The third kappa shape index (κ3) is 3.49. The number of fused-ring (bicyclic) bond motifs is 1. The van der Waals surface area contributed by atoms with Crippen molar-refractivity contribution in [2.75, 3.05) is 13.3 Å². The van der Waals surface area contributed by atoms with E-state index in [0.717, 1.165) is 27.1 Å². The largest absolute Gasteiger partial charge is 0.322 e. The van der Waals surface area contributed by atoms with Crippen LogP contribution in [0.3, 0.4) is 0 Å². The van der Waals surface area contributed by atoms with Crippen LogP contribution in [0.2, 0.25) is 0 Å². The summed E-state index contributed by atoms with van der Waals surface area (Å²) < 4.78 is 0. The average Bonchev–Trinajstić information content (AvgIpc) is 2.62. The number of H-pyrrole nitrogens is 1. The number of aromatic amines is 1. The topological polar surface area (TPSA) is 61.9 Å². The maximum Gasteiger partial charge on any atom is 0.252 e. The van der Waals surface area contributed by atoms with Crippen LogP contribution < -0.4 is 5.56 Å². The molecule has 0 saturated carbocycles. The van der Waals surface area contributed by atoms with Gasteiger partial charge in [-0.1, -0.05) is 6.07 Å². The van der Waals surface area contributed by atoms with Crippen molar-refractivity contribution >= 4 is 22.7 Å². The second-order valence-electron chi connectivity index (χ2n) is 5.80. The van der Waals surface area contributed by atoms with Crippen LogP contribution in [0.15, 0.2) is 52.5 Å². The van der Waals surface area contributed by atoms with E-state index in [9.17, 15) is 4.79 Å². The van der Waals surface area contributed by atoms with Gasteiger partial charge < -0.3 is 4.98 Å². The summed E-state index contributed by atoms with van der Waals surface area (Å²) in [6.07, 6.45) is 5.31. The van der Waals surface area contributed by atoms with Gasteiger partial charge in [-0.05, 0) is 49.9 Å². The molecule has 2 heterocycles. The molecule has 124 valence electrons. The molecule has 3 aromatic rings. The van der Waals surface area contributed by atoms with E-state index in [1.54, 1.807) is 24.3 Å². The van der Waals surface area contributed by atoms with Gasteiger partial charge in [0.05, 0.1) is 5.69 Å². The van der Waals surface area contributed by atoms with Crippen molar-refractivity contribution in [1.29, 1.82) is 0 Å². The molecule has 0 unspecified atom stereocenters. The zero-order chi connectivity index (χ0) is 17.1. The van der Waals surface area contributed by atoms with E-state index in [1.165, 1.54) is 0 Å². The van der Waals surface area contributed by atoms with Crippen molar-refractivity contribution in [2.45, 2.75) is 24.4 Å². The minimum Gasteiger partial charge on any atom is -0.322 e. The SMILES string of the molecule is CSc1ccc2cc(CN(C)[C@@H](C)c3ccncn3)c(=O)[nH]c2c1. The van der Waals surface area contributed by atoms with Crippen molar-refractivity contribution in [2.24, 2.45) is 0 Å². The summed E-state index contributed by atoms with van der Waals surface area (Å²) in [5, 5.41) is 1.05. The first-order valence-corrected chi connectivity index (χ1v) is 8.97. The van der Waals surface area contributed by atoms with Crippen LogP contribution in [0.5, 0.6) is 0 Å². The first-order chi connectivity index (χ1) is 11.6. The minimum atomic E-state index is -0.0394. The first-order valence-electron chi connectivity index (χ1n) is 7.74. The van der Waals surface area contributed by atoms with E-state index in [1.807, 2.05) is 31.5 Å². The molecule has 24 heavy (non-hydrogen) atoms. The van der Waals surface area contributed by atoms with Gasteiger partial charge in [-0.25, -0.2) is 9.97 Å². The Labute approximate surface area is 145 Å². The monoisotopic (exact) mass is 340 g/mol. The van der Waals surface area contributed by atoms with Gasteiger partial charge in [0.25, 0.3) is 5.56 Å². The summed E-state index contributed by atoms with van der Waals surface area (Å²) in [7, 11) is 1.99. The van der Waals surface area contributed by atoms with Crippen LogP contribution in [0.25, 0.3) is 10.9 Å². The lowest BCUT2D eigenvalue weighted by molar-refractivity contribution is 0.247. The highest BCUT2D eigenvalue weighted by molar-refractivity contribution is 7.98. The molecule has 1 atom stereocenters.